The van der Waals surface area contributed by atoms with Gasteiger partial charge in [-0.25, -0.2) is 4.98 Å². The number of hydrogen-bond acceptors (Lipinski definition) is 7. The highest BCUT2D eigenvalue weighted by molar-refractivity contribution is 6.36. The SMILES string of the molecule is CC(C)[C@@H](CO)Nc1nc(NNc2ccc(Cl)cc2Cl)cc(-c2ccncc2)n1. The van der Waals surface area contributed by atoms with Gasteiger partial charge >= 0.3 is 0 Å². The molecule has 4 N–H and O–H groups in total. The van der Waals surface area contributed by atoms with E-state index in [1.54, 1.807) is 36.7 Å². The molecule has 1 aromatic carbocycles. The van der Waals surface area contributed by atoms with E-state index in [4.69, 9.17) is 23.2 Å². The Labute approximate surface area is 179 Å². The molecule has 29 heavy (non-hydrogen) atoms. The van der Waals surface area contributed by atoms with Crippen molar-refractivity contribution in [3.63, 3.8) is 0 Å². The minimum absolute atomic E-state index is 0.0259. The predicted molar refractivity (Wildman–Crippen MR) is 118 cm³/mol. The fourth-order valence-electron chi connectivity index (χ4n) is 2.56. The summed E-state index contributed by atoms with van der Waals surface area (Å²) in [6.07, 6.45) is 3.40. The third kappa shape index (κ3) is 5.69. The van der Waals surface area contributed by atoms with Crippen molar-refractivity contribution < 1.29 is 5.11 Å². The van der Waals surface area contributed by atoms with Gasteiger partial charge in [0.05, 0.1) is 29.1 Å². The second-order valence-electron chi connectivity index (χ2n) is 6.75. The molecule has 1 atom stereocenters. The van der Waals surface area contributed by atoms with Crippen LogP contribution >= 0.6 is 23.2 Å². The van der Waals surface area contributed by atoms with Crippen LogP contribution in [0.2, 0.25) is 10.0 Å². The van der Waals surface area contributed by atoms with Gasteiger partial charge in [-0.3, -0.25) is 15.8 Å². The van der Waals surface area contributed by atoms with Crippen molar-refractivity contribution in [3.05, 3.63) is 58.8 Å². The molecule has 152 valence electrons. The number of nitrogens with one attached hydrogen (secondary N) is 3. The Morgan fingerprint density at radius 3 is 2.41 bits per heavy atom. The van der Waals surface area contributed by atoms with E-state index in [-0.39, 0.29) is 18.6 Å². The summed E-state index contributed by atoms with van der Waals surface area (Å²) in [6, 6.07) is 10.5. The Hall–Kier alpha value is -2.61. The van der Waals surface area contributed by atoms with Crippen LogP contribution in [0, 0.1) is 5.92 Å². The van der Waals surface area contributed by atoms with Crippen molar-refractivity contribution in [2.24, 2.45) is 5.92 Å². The van der Waals surface area contributed by atoms with E-state index in [2.05, 4.69) is 31.1 Å². The minimum atomic E-state index is -0.172. The smallest absolute Gasteiger partial charge is 0.225 e. The van der Waals surface area contributed by atoms with Crippen LogP contribution in [-0.2, 0) is 0 Å². The van der Waals surface area contributed by atoms with E-state index in [9.17, 15) is 5.11 Å². The first kappa shape index (κ1) is 21.1. The summed E-state index contributed by atoms with van der Waals surface area (Å²) in [5.74, 6) is 1.13. The zero-order valence-electron chi connectivity index (χ0n) is 16.0. The Bertz CT molecular complexity index is 955. The quantitative estimate of drug-likeness (QED) is 0.382. The van der Waals surface area contributed by atoms with Crippen molar-refractivity contribution in [2.75, 3.05) is 22.8 Å². The third-order valence-electron chi connectivity index (χ3n) is 4.27. The van der Waals surface area contributed by atoms with Crippen molar-refractivity contribution >= 4 is 40.7 Å². The fraction of sp³-hybridized carbons (Fsp3) is 0.250. The van der Waals surface area contributed by atoms with Crippen molar-refractivity contribution in [3.8, 4) is 11.3 Å². The molecule has 0 aliphatic heterocycles. The van der Waals surface area contributed by atoms with E-state index in [1.165, 1.54) is 0 Å². The Balaban J connectivity index is 1.89. The summed E-state index contributed by atoms with van der Waals surface area (Å²) in [7, 11) is 0. The molecule has 3 rings (SSSR count). The van der Waals surface area contributed by atoms with Crippen LogP contribution in [0.15, 0.2) is 48.8 Å². The van der Waals surface area contributed by atoms with Gasteiger partial charge in [0.25, 0.3) is 0 Å². The molecule has 0 bridgehead atoms. The second kappa shape index (κ2) is 9.73. The molecule has 2 heterocycles. The lowest BCUT2D eigenvalue weighted by molar-refractivity contribution is 0.248. The molecule has 2 aromatic heterocycles. The second-order valence-corrected chi connectivity index (χ2v) is 7.59. The van der Waals surface area contributed by atoms with Gasteiger partial charge in [-0.15, -0.1) is 0 Å². The standard InChI is InChI=1S/C20H22Cl2N6O/c1-12(2)18(11-29)25-20-24-17(13-5-7-23-8-6-13)10-19(26-20)28-27-16-4-3-14(21)9-15(16)22/h3-10,12,18,27,29H,11H2,1-2H3,(H2,24,25,26,28)/t18-/m1/s1. The molecular weight excluding hydrogens is 411 g/mol. The monoisotopic (exact) mass is 432 g/mol. The highest BCUT2D eigenvalue weighted by Gasteiger charge is 2.15. The Kier molecular flexibility index (Phi) is 7.09. The van der Waals surface area contributed by atoms with Gasteiger partial charge in [-0.1, -0.05) is 37.0 Å². The number of aromatic nitrogens is 3. The van der Waals surface area contributed by atoms with E-state index in [1.807, 2.05) is 26.0 Å². The van der Waals surface area contributed by atoms with E-state index in [0.717, 1.165) is 5.56 Å². The molecule has 0 radical (unpaired) electrons. The van der Waals surface area contributed by atoms with Crippen LogP contribution in [0.4, 0.5) is 17.5 Å². The maximum absolute atomic E-state index is 9.64. The summed E-state index contributed by atoms with van der Waals surface area (Å²) in [4.78, 5) is 13.1. The minimum Gasteiger partial charge on any atom is -0.394 e. The highest BCUT2D eigenvalue weighted by atomic mass is 35.5. The summed E-state index contributed by atoms with van der Waals surface area (Å²) >= 11 is 12.2. The molecule has 3 aromatic rings. The molecular formula is C20H22Cl2N6O. The average Bonchev–Trinajstić information content (AvgIpc) is 2.71. The van der Waals surface area contributed by atoms with Gasteiger partial charge < -0.3 is 10.4 Å². The molecule has 0 saturated heterocycles. The molecule has 0 aliphatic rings. The number of pyridine rings is 1. The first-order valence-corrected chi connectivity index (χ1v) is 9.86. The number of hydrazine groups is 1. The summed E-state index contributed by atoms with van der Waals surface area (Å²) < 4.78 is 0. The molecule has 0 aliphatic carbocycles. The first-order valence-electron chi connectivity index (χ1n) is 9.10. The van der Waals surface area contributed by atoms with Gasteiger partial charge in [0.1, 0.15) is 0 Å². The Morgan fingerprint density at radius 2 is 1.76 bits per heavy atom. The van der Waals surface area contributed by atoms with Gasteiger partial charge in [0.2, 0.25) is 5.95 Å². The summed E-state index contributed by atoms with van der Waals surface area (Å²) in [5, 5.41) is 13.9. The van der Waals surface area contributed by atoms with Crippen LogP contribution in [-0.4, -0.2) is 32.7 Å². The van der Waals surface area contributed by atoms with Crippen LogP contribution < -0.4 is 16.2 Å². The third-order valence-corrected chi connectivity index (χ3v) is 4.82. The van der Waals surface area contributed by atoms with Gasteiger partial charge in [0.15, 0.2) is 5.82 Å². The van der Waals surface area contributed by atoms with Gasteiger partial charge in [-0.2, -0.15) is 4.98 Å². The van der Waals surface area contributed by atoms with E-state index < -0.39 is 0 Å². The topological polar surface area (TPSA) is 95.0 Å². The lowest BCUT2D eigenvalue weighted by Crippen LogP contribution is -2.30. The van der Waals surface area contributed by atoms with Crippen LogP contribution in [0.25, 0.3) is 11.3 Å². The molecule has 7 nitrogen and oxygen atoms in total. The number of rotatable bonds is 8. The van der Waals surface area contributed by atoms with E-state index >= 15 is 0 Å². The molecule has 0 unspecified atom stereocenters. The van der Waals surface area contributed by atoms with Crippen molar-refractivity contribution in [1.29, 1.82) is 0 Å². The summed E-state index contributed by atoms with van der Waals surface area (Å²) in [6.45, 7) is 4.01. The van der Waals surface area contributed by atoms with Crippen molar-refractivity contribution in [2.45, 2.75) is 19.9 Å². The normalized spacial score (nSPS) is 11.9. The first-order chi connectivity index (χ1) is 14.0. The predicted octanol–water partition coefficient (Wildman–Crippen LogP) is 4.71. The lowest BCUT2D eigenvalue weighted by atomic mass is 10.1. The Morgan fingerprint density at radius 1 is 1.00 bits per heavy atom. The number of nitrogens with zero attached hydrogens (tertiary/aromatic N) is 3. The fourth-order valence-corrected chi connectivity index (χ4v) is 3.01. The van der Waals surface area contributed by atoms with Crippen LogP contribution in [0.1, 0.15) is 13.8 Å². The molecule has 9 heteroatoms. The molecule has 0 saturated carbocycles. The average molecular weight is 433 g/mol. The van der Waals surface area contributed by atoms with Gasteiger partial charge in [-0.05, 0) is 36.2 Å². The maximum Gasteiger partial charge on any atom is 0.225 e. The maximum atomic E-state index is 9.64. The number of benzene rings is 1. The van der Waals surface area contributed by atoms with Gasteiger partial charge in [0, 0.05) is 29.0 Å². The lowest BCUT2D eigenvalue weighted by Gasteiger charge is -2.21. The highest BCUT2D eigenvalue weighted by Crippen LogP contribution is 2.26. The number of halogens is 2. The molecule has 0 amide bonds. The zero-order chi connectivity index (χ0) is 20.8. The van der Waals surface area contributed by atoms with Crippen LogP contribution in [0.3, 0.4) is 0 Å². The van der Waals surface area contributed by atoms with Crippen molar-refractivity contribution in [1.82, 2.24) is 15.0 Å². The number of aliphatic hydroxyl groups excluding tert-OH is 1. The van der Waals surface area contributed by atoms with Crippen LogP contribution in [0.5, 0.6) is 0 Å². The zero-order valence-corrected chi connectivity index (χ0v) is 17.5. The number of aliphatic hydroxyl groups is 1. The molecule has 0 spiro atoms. The van der Waals surface area contributed by atoms with E-state index in [0.29, 0.717) is 33.2 Å². The summed E-state index contributed by atoms with van der Waals surface area (Å²) in [5.41, 5.74) is 8.33. The molecule has 0 fully saturated rings. The number of hydrogen-bond donors (Lipinski definition) is 4. The number of anilines is 3. The largest absolute Gasteiger partial charge is 0.394 e.